The summed E-state index contributed by atoms with van der Waals surface area (Å²) < 4.78 is 3.17. The van der Waals surface area contributed by atoms with Crippen molar-refractivity contribution in [1.82, 2.24) is 9.13 Å². The van der Waals surface area contributed by atoms with Crippen molar-refractivity contribution in [3.8, 4) is 0 Å². The molecule has 7 heteroatoms. The third-order valence-corrected chi connectivity index (χ3v) is 5.98. The minimum Gasteiger partial charge on any atom is -0.321 e. The van der Waals surface area contributed by atoms with Crippen LogP contribution in [-0.2, 0) is 14.1 Å². The van der Waals surface area contributed by atoms with Crippen molar-refractivity contribution < 1.29 is 4.79 Å². The summed E-state index contributed by atoms with van der Waals surface area (Å²) in [6.45, 7) is 0. The number of anilines is 1. The molecule has 29 heavy (non-hydrogen) atoms. The van der Waals surface area contributed by atoms with Gasteiger partial charge in [0.1, 0.15) is 0 Å². The lowest BCUT2D eigenvalue weighted by atomic mass is 10.2. The van der Waals surface area contributed by atoms with Crippen LogP contribution in [0.4, 0.5) is 5.69 Å². The van der Waals surface area contributed by atoms with Crippen LogP contribution >= 0.6 is 23.4 Å². The van der Waals surface area contributed by atoms with Gasteiger partial charge in [-0.3, -0.25) is 13.9 Å². The first-order valence-electron chi connectivity index (χ1n) is 8.93. The number of aromatic nitrogens is 2. The Morgan fingerprint density at radius 3 is 2.31 bits per heavy atom. The summed E-state index contributed by atoms with van der Waals surface area (Å²) in [6.07, 6.45) is 0. The van der Waals surface area contributed by atoms with Crippen LogP contribution < -0.4 is 11.0 Å². The number of carbonyl (C=O) groups is 1. The van der Waals surface area contributed by atoms with Crippen LogP contribution in [0.5, 0.6) is 0 Å². The summed E-state index contributed by atoms with van der Waals surface area (Å²) in [5.74, 6) is -0.261. The maximum atomic E-state index is 12.8. The van der Waals surface area contributed by atoms with Crippen molar-refractivity contribution in [2.75, 3.05) is 5.32 Å². The Labute approximate surface area is 176 Å². The van der Waals surface area contributed by atoms with Crippen LogP contribution in [0.15, 0.2) is 81.3 Å². The molecular formula is C22H18ClN3O2S. The van der Waals surface area contributed by atoms with E-state index in [1.807, 2.05) is 42.5 Å². The van der Waals surface area contributed by atoms with E-state index in [4.69, 9.17) is 11.6 Å². The van der Waals surface area contributed by atoms with Gasteiger partial charge in [-0.2, -0.15) is 0 Å². The van der Waals surface area contributed by atoms with Gasteiger partial charge in [-0.15, -0.1) is 0 Å². The van der Waals surface area contributed by atoms with Crippen molar-refractivity contribution in [2.45, 2.75) is 9.79 Å². The quantitative estimate of drug-likeness (QED) is 0.506. The van der Waals surface area contributed by atoms with E-state index in [1.54, 1.807) is 47.5 Å². The average Bonchev–Trinajstić information content (AvgIpc) is 2.93. The van der Waals surface area contributed by atoms with E-state index < -0.39 is 0 Å². The molecule has 0 fully saturated rings. The maximum absolute atomic E-state index is 12.8. The summed E-state index contributed by atoms with van der Waals surface area (Å²) in [7, 11) is 3.46. The van der Waals surface area contributed by atoms with Crippen molar-refractivity contribution in [3.05, 3.63) is 87.8 Å². The summed E-state index contributed by atoms with van der Waals surface area (Å²) in [4.78, 5) is 27.1. The van der Waals surface area contributed by atoms with Gasteiger partial charge in [0.25, 0.3) is 5.91 Å². The van der Waals surface area contributed by atoms with E-state index >= 15 is 0 Å². The van der Waals surface area contributed by atoms with Gasteiger partial charge in [0, 0.05) is 34.5 Å². The Bertz CT molecular complexity index is 1280. The number of halogens is 1. The molecule has 0 spiro atoms. The molecule has 0 aliphatic rings. The fraction of sp³-hybridized carbons (Fsp3) is 0.0909. The number of rotatable bonds is 4. The van der Waals surface area contributed by atoms with Gasteiger partial charge in [0.05, 0.1) is 16.7 Å². The number of carbonyl (C=O) groups excluding carboxylic acids is 1. The Morgan fingerprint density at radius 1 is 0.931 bits per heavy atom. The summed E-state index contributed by atoms with van der Waals surface area (Å²) in [5, 5.41) is 3.48. The summed E-state index contributed by atoms with van der Waals surface area (Å²) in [5.41, 5.74) is 2.54. The third kappa shape index (κ3) is 3.81. The molecule has 0 aliphatic heterocycles. The molecule has 0 aliphatic carbocycles. The summed E-state index contributed by atoms with van der Waals surface area (Å²) >= 11 is 7.55. The second-order valence-electron chi connectivity index (χ2n) is 6.62. The second kappa shape index (κ2) is 7.81. The topological polar surface area (TPSA) is 56.0 Å². The molecule has 5 nitrogen and oxygen atoms in total. The monoisotopic (exact) mass is 423 g/mol. The number of fused-ring (bicyclic) bond motifs is 1. The minimum atomic E-state index is -0.261. The zero-order valence-corrected chi connectivity index (χ0v) is 17.4. The molecule has 4 rings (SSSR count). The molecule has 0 radical (unpaired) electrons. The van der Waals surface area contributed by atoms with Gasteiger partial charge in [0.2, 0.25) is 0 Å². The van der Waals surface area contributed by atoms with Crippen LogP contribution in [-0.4, -0.2) is 15.0 Å². The van der Waals surface area contributed by atoms with Crippen LogP contribution in [0.2, 0.25) is 5.02 Å². The SMILES string of the molecule is Cn1c(=O)n(C)c2cc(Sc3ccccc3)c(NC(=O)c3cccc(Cl)c3)cc21. The molecule has 0 unspecified atom stereocenters. The number of nitrogens with one attached hydrogen (secondary N) is 1. The number of hydrogen-bond acceptors (Lipinski definition) is 3. The van der Waals surface area contributed by atoms with E-state index in [0.29, 0.717) is 16.3 Å². The molecule has 3 aromatic carbocycles. The highest BCUT2D eigenvalue weighted by molar-refractivity contribution is 7.99. The third-order valence-electron chi connectivity index (χ3n) is 4.68. The van der Waals surface area contributed by atoms with Gasteiger partial charge in [-0.05, 0) is 42.5 Å². The normalized spacial score (nSPS) is 11.0. The lowest BCUT2D eigenvalue weighted by Gasteiger charge is -2.12. The number of hydrogen-bond donors (Lipinski definition) is 1. The molecule has 1 aromatic heterocycles. The van der Waals surface area contributed by atoms with Gasteiger partial charge in [-0.1, -0.05) is 47.6 Å². The molecule has 0 saturated heterocycles. The van der Waals surface area contributed by atoms with E-state index in [1.165, 1.54) is 11.8 Å². The predicted octanol–water partition coefficient (Wildman–Crippen LogP) is 4.93. The van der Waals surface area contributed by atoms with E-state index in [0.717, 1.165) is 20.8 Å². The van der Waals surface area contributed by atoms with E-state index in [-0.39, 0.29) is 11.6 Å². The smallest absolute Gasteiger partial charge is 0.321 e. The fourth-order valence-corrected chi connectivity index (χ4v) is 4.28. The fourth-order valence-electron chi connectivity index (χ4n) is 3.15. The zero-order chi connectivity index (χ0) is 20.5. The van der Waals surface area contributed by atoms with Crippen LogP contribution in [0.1, 0.15) is 10.4 Å². The van der Waals surface area contributed by atoms with Crippen molar-refractivity contribution >= 4 is 46.0 Å². The Kier molecular flexibility index (Phi) is 5.22. The van der Waals surface area contributed by atoms with Crippen molar-refractivity contribution in [1.29, 1.82) is 0 Å². The Morgan fingerprint density at radius 2 is 1.62 bits per heavy atom. The maximum Gasteiger partial charge on any atom is 0.328 e. The second-order valence-corrected chi connectivity index (χ2v) is 8.17. The number of benzene rings is 3. The van der Waals surface area contributed by atoms with E-state index in [2.05, 4.69) is 5.32 Å². The minimum absolute atomic E-state index is 0.117. The lowest BCUT2D eigenvalue weighted by molar-refractivity contribution is 0.102. The molecule has 4 aromatic rings. The summed E-state index contributed by atoms with van der Waals surface area (Å²) in [6, 6.07) is 20.4. The Balaban J connectivity index is 1.81. The largest absolute Gasteiger partial charge is 0.328 e. The highest BCUT2D eigenvalue weighted by Gasteiger charge is 2.16. The first kappa shape index (κ1) is 19.4. The number of imidazole rings is 1. The number of amides is 1. The molecule has 0 atom stereocenters. The van der Waals surface area contributed by atoms with Crippen molar-refractivity contribution in [2.24, 2.45) is 14.1 Å². The Hall–Kier alpha value is -2.96. The average molecular weight is 424 g/mol. The van der Waals surface area contributed by atoms with Gasteiger partial charge < -0.3 is 5.32 Å². The molecule has 1 N–H and O–H groups in total. The van der Waals surface area contributed by atoms with Crippen LogP contribution in [0.3, 0.4) is 0 Å². The molecule has 1 heterocycles. The molecule has 0 bridgehead atoms. The number of nitrogens with zero attached hydrogens (tertiary/aromatic N) is 2. The zero-order valence-electron chi connectivity index (χ0n) is 15.8. The van der Waals surface area contributed by atoms with Gasteiger partial charge in [-0.25, -0.2) is 4.79 Å². The van der Waals surface area contributed by atoms with Crippen LogP contribution in [0, 0.1) is 0 Å². The van der Waals surface area contributed by atoms with E-state index in [9.17, 15) is 9.59 Å². The van der Waals surface area contributed by atoms with Gasteiger partial charge >= 0.3 is 5.69 Å². The molecule has 0 saturated carbocycles. The highest BCUT2D eigenvalue weighted by Crippen LogP contribution is 2.36. The van der Waals surface area contributed by atoms with Crippen LogP contribution in [0.25, 0.3) is 11.0 Å². The van der Waals surface area contributed by atoms with Gasteiger partial charge in [0.15, 0.2) is 0 Å². The van der Waals surface area contributed by atoms with Crippen molar-refractivity contribution in [3.63, 3.8) is 0 Å². The highest BCUT2D eigenvalue weighted by atomic mass is 35.5. The predicted molar refractivity (Wildman–Crippen MR) is 118 cm³/mol. The molecule has 146 valence electrons. The lowest BCUT2D eigenvalue weighted by Crippen LogP contribution is -2.19. The number of aryl methyl sites for hydroxylation is 2. The molecule has 1 amide bonds. The first-order chi connectivity index (χ1) is 13.9. The first-order valence-corrected chi connectivity index (χ1v) is 10.1. The molecular weight excluding hydrogens is 406 g/mol. The standard InChI is InChI=1S/C22H18ClN3O2S/c1-25-18-12-17(24-21(27)14-7-6-8-15(23)11-14)20(13-19(18)26(2)22(25)28)29-16-9-4-3-5-10-16/h3-13H,1-2H3,(H,24,27).